The highest BCUT2D eigenvalue weighted by atomic mass is 35.5. The van der Waals surface area contributed by atoms with Crippen LogP contribution in [-0.2, 0) is 6.54 Å². The van der Waals surface area contributed by atoms with Crippen molar-refractivity contribution in [3.63, 3.8) is 0 Å². The fraction of sp³-hybridized carbons (Fsp3) is 0.190. The van der Waals surface area contributed by atoms with E-state index in [0.717, 1.165) is 34.6 Å². The molecule has 1 aromatic heterocycles. The molecule has 1 heterocycles. The summed E-state index contributed by atoms with van der Waals surface area (Å²) >= 11 is 20.3. The van der Waals surface area contributed by atoms with Gasteiger partial charge in [-0.2, -0.15) is 11.8 Å². The molecule has 1 N–H and O–H groups in total. The molecule has 0 radical (unpaired) electrons. The normalized spacial score (nSPS) is 11.0. The quantitative estimate of drug-likeness (QED) is 0.383. The molecule has 0 amide bonds. The van der Waals surface area contributed by atoms with E-state index in [1.165, 1.54) is 0 Å². The molecule has 0 fully saturated rings. The Morgan fingerprint density at radius 3 is 2.29 bits per heavy atom. The zero-order valence-corrected chi connectivity index (χ0v) is 18.2. The predicted molar refractivity (Wildman–Crippen MR) is 120 cm³/mol. The topological polar surface area (TPSA) is 42.2 Å². The zero-order valence-electron chi connectivity index (χ0n) is 15.1. The standard InChI is InChI=1S/C21H18Cl3NO2S/c1-28-10-2-9-25-19(21(26)27)12-17(16-8-7-15(23)11-18(16)24)20(25)13-3-5-14(22)6-4-13/h3-8,11-12H,2,9-10H2,1H3,(H,26,27). The Bertz CT molecular complexity index is 1000. The summed E-state index contributed by atoms with van der Waals surface area (Å²) in [7, 11) is 0. The van der Waals surface area contributed by atoms with Crippen LogP contribution in [0.15, 0.2) is 48.5 Å². The monoisotopic (exact) mass is 453 g/mol. The number of hydrogen-bond donors (Lipinski definition) is 1. The molecule has 0 aliphatic carbocycles. The number of carbonyl (C=O) groups is 1. The SMILES string of the molecule is CSCCCn1c(C(=O)O)cc(-c2ccc(Cl)cc2Cl)c1-c1ccc(Cl)cc1. The van der Waals surface area contributed by atoms with Gasteiger partial charge in [0.25, 0.3) is 0 Å². The molecule has 146 valence electrons. The minimum Gasteiger partial charge on any atom is -0.477 e. The average Bonchev–Trinajstić information content (AvgIpc) is 3.02. The van der Waals surface area contributed by atoms with Crippen molar-refractivity contribution in [3.05, 3.63) is 69.3 Å². The number of rotatable bonds is 7. The molecule has 0 spiro atoms. The van der Waals surface area contributed by atoms with Crippen molar-refractivity contribution >= 4 is 52.5 Å². The lowest BCUT2D eigenvalue weighted by Gasteiger charge is -2.14. The van der Waals surface area contributed by atoms with Gasteiger partial charge >= 0.3 is 5.97 Å². The molecule has 3 rings (SSSR count). The summed E-state index contributed by atoms with van der Waals surface area (Å²) in [4.78, 5) is 12.0. The third-order valence-corrected chi connectivity index (χ3v) is 5.88. The Kier molecular flexibility index (Phi) is 7.00. The van der Waals surface area contributed by atoms with E-state index in [-0.39, 0.29) is 5.69 Å². The number of thioether (sulfide) groups is 1. The molecule has 0 aliphatic heterocycles. The minimum atomic E-state index is -0.976. The molecule has 0 saturated heterocycles. The van der Waals surface area contributed by atoms with E-state index < -0.39 is 5.97 Å². The molecule has 0 bridgehead atoms. The molecule has 0 atom stereocenters. The second kappa shape index (κ2) is 9.27. The van der Waals surface area contributed by atoms with Crippen LogP contribution in [0.25, 0.3) is 22.4 Å². The summed E-state index contributed by atoms with van der Waals surface area (Å²) < 4.78 is 1.85. The van der Waals surface area contributed by atoms with Crippen molar-refractivity contribution in [3.8, 4) is 22.4 Å². The van der Waals surface area contributed by atoms with Crippen LogP contribution >= 0.6 is 46.6 Å². The highest BCUT2D eigenvalue weighted by molar-refractivity contribution is 7.98. The van der Waals surface area contributed by atoms with Gasteiger partial charge < -0.3 is 9.67 Å². The van der Waals surface area contributed by atoms with E-state index in [1.807, 2.05) is 29.0 Å². The first-order valence-corrected chi connectivity index (χ1v) is 11.1. The van der Waals surface area contributed by atoms with Crippen LogP contribution in [0, 0.1) is 0 Å². The lowest BCUT2D eigenvalue weighted by atomic mass is 10.0. The fourth-order valence-electron chi connectivity index (χ4n) is 3.16. The molecule has 3 nitrogen and oxygen atoms in total. The maximum absolute atomic E-state index is 12.0. The number of nitrogens with zero attached hydrogens (tertiary/aromatic N) is 1. The third kappa shape index (κ3) is 4.52. The summed E-state index contributed by atoms with van der Waals surface area (Å²) in [5.74, 6) is -0.0374. The van der Waals surface area contributed by atoms with Crippen LogP contribution in [0.4, 0.5) is 0 Å². The Morgan fingerprint density at radius 1 is 1.00 bits per heavy atom. The molecule has 0 unspecified atom stereocenters. The molecule has 7 heteroatoms. The summed E-state index contributed by atoms with van der Waals surface area (Å²) in [6.45, 7) is 0.589. The van der Waals surface area contributed by atoms with Crippen molar-refractivity contribution in [2.75, 3.05) is 12.0 Å². The summed E-state index contributed by atoms with van der Waals surface area (Å²) in [6.07, 6.45) is 2.89. The van der Waals surface area contributed by atoms with Crippen molar-refractivity contribution < 1.29 is 9.90 Å². The smallest absolute Gasteiger partial charge is 0.352 e. The molecule has 0 aliphatic rings. The summed E-state index contributed by atoms with van der Waals surface area (Å²) in [6, 6.07) is 14.3. The number of benzene rings is 2. The van der Waals surface area contributed by atoms with E-state index in [4.69, 9.17) is 34.8 Å². The summed E-state index contributed by atoms with van der Waals surface area (Å²) in [5, 5.41) is 11.4. The maximum Gasteiger partial charge on any atom is 0.352 e. The third-order valence-electron chi connectivity index (χ3n) is 4.39. The molecular formula is C21H18Cl3NO2S. The van der Waals surface area contributed by atoms with Gasteiger partial charge in [0, 0.05) is 32.7 Å². The molecule has 28 heavy (non-hydrogen) atoms. The van der Waals surface area contributed by atoms with Crippen LogP contribution in [0.3, 0.4) is 0 Å². The number of carboxylic acids is 1. The van der Waals surface area contributed by atoms with Gasteiger partial charge in [-0.3, -0.25) is 0 Å². The Hall–Kier alpha value is -1.59. The molecule has 3 aromatic rings. The van der Waals surface area contributed by atoms with Crippen LogP contribution in [0.2, 0.25) is 15.1 Å². The Labute approximate surface area is 183 Å². The van der Waals surface area contributed by atoms with Gasteiger partial charge in [-0.25, -0.2) is 4.79 Å². The van der Waals surface area contributed by atoms with Crippen LogP contribution in [-0.4, -0.2) is 27.7 Å². The maximum atomic E-state index is 12.0. The lowest BCUT2D eigenvalue weighted by molar-refractivity contribution is 0.0685. The molecule has 0 saturated carbocycles. The van der Waals surface area contributed by atoms with Crippen molar-refractivity contribution in [1.29, 1.82) is 0 Å². The predicted octanol–water partition coefficient (Wildman–Crippen LogP) is 7.23. The highest BCUT2D eigenvalue weighted by Gasteiger charge is 2.23. The van der Waals surface area contributed by atoms with E-state index >= 15 is 0 Å². The lowest BCUT2D eigenvalue weighted by Crippen LogP contribution is -2.10. The average molecular weight is 455 g/mol. The molecular weight excluding hydrogens is 437 g/mol. The second-order valence-corrected chi connectivity index (χ2v) is 8.49. The van der Waals surface area contributed by atoms with E-state index in [0.29, 0.717) is 21.6 Å². The van der Waals surface area contributed by atoms with Crippen molar-refractivity contribution in [2.45, 2.75) is 13.0 Å². The Balaban J connectivity index is 2.26. The molecule has 2 aromatic carbocycles. The van der Waals surface area contributed by atoms with Gasteiger partial charge in [0.05, 0.1) is 5.69 Å². The first-order valence-electron chi connectivity index (χ1n) is 8.59. The number of hydrogen-bond acceptors (Lipinski definition) is 2. The van der Waals surface area contributed by atoms with E-state index in [2.05, 4.69) is 0 Å². The number of halogens is 3. The number of aromatic nitrogens is 1. The first-order chi connectivity index (χ1) is 13.4. The fourth-order valence-corrected chi connectivity index (χ4v) is 4.21. The van der Waals surface area contributed by atoms with E-state index in [1.54, 1.807) is 42.1 Å². The Morgan fingerprint density at radius 2 is 1.68 bits per heavy atom. The zero-order chi connectivity index (χ0) is 20.3. The number of aromatic carboxylic acids is 1. The van der Waals surface area contributed by atoms with Crippen molar-refractivity contribution in [2.24, 2.45) is 0 Å². The van der Waals surface area contributed by atoms with Crippen molar-refractivity contribution in [1.82, 2.24) is 4.57 Å². The van der Waals surface area contributed by atoms with Gasteiger partial charge in [-0.05, 0) is 54.3 Å². The largest absolute Gasteiger partial charge is 0.477 e. The van der Waals surface area contributed by atoms with E-state index in [9.17, 15) is 9.90 Å². The minimum absolute atomic E-state index is 0.229. The van der Waals surface area contributed by atoms with Crippen LogP contribution < -0.4 is 0 Å². The second-order valence-electron chi connectivity index (χ2n) is 6.23. The first kappa shape index (κ1) is 21.1. The van der Waals surface area contributed by atoms with Gasteiger partial charge in [-0.1, -0.05) is 53.0 Å². The number of carboxylic acid groups (broad SMARTS) is 1. The van der Waals surface area contributed by atoms with Gasteiger partial charge in [0.1, 0.15) is 5.69 Å². The summed E-state index contributed by atoms with van der Waals surface area (Å²) in [5.41, 5.74) is 3.40. The van der Waals surface area contributed by atoms with Gasteiger partial charge in [0.2, 0.25) is 0 Å². The highest BCUT2D eigenvalue weighted by Crippen LogP contribution is 2.40. The van der Waals surface area contributed by atoms with Gasteiger partial charge in [-0.15, -0.1) is 0 Å². The van der Waals surface area contributed by atoms with Gasteiger partial charge in [0.15, 0.2) is 0 Å². The van der Waals surface area contributed by atoms with Crippen LogP contribution in [0.5, 0.6) is 0 Å². The van der Waals surface area contributed by atoms with Crippen LogP contribution in [0.1, 0.15) is 16.9 Å².